The number of benzene rings is 1. The summed E-state index contributed by atoms with van der Waals surface area (Å²) in [6.45, 7) is 6.46. The van der Waals surface area contributed by atoms with Gasteiger partial charge in [0.05, 0.1) is 0 Å². The fourth-order valence-corrected chi connectivity index (χ4v) is 2.96. The monoisotopic (exact) mass is 245 g/mol. The van der Waals surface area contributed by atoms with Crippen LogP contribution in [0.4, 0.5) is 0 Å². The summed E-state index contributed by atoms with van der Waals surface area (Å²) in [5.41, 5.74) is 2.77. The van der Waals surface area contributed by atoms with Crippen LogP contribution in [0.2, 0.25) is 0 Å². The summed E-state index contributed by atoms with van der Waals surface area (Å²) in [7, 11) is 0. The maximum Gasteiger partial charge on any atom is 0.0417 e. The van der Waals surface area contributed by atoms with Crippen molar-refractivity contribution in [2.24, 2.45) is 0 Å². The Bertz CT molecular complexity index is 510. The maximum atomic E-state index is 3.35. The highest BCUT2D eigenvalue weighted by atomic mass is 32.1. The molecule has 1 aromatic carbocycles. The lowest BCUT2D eigenvalue weighted by atomic mass is 10.0. The van der Waals surface area contributed by atoms with Gasteiger partial charge in [-0.15, -0.1) is 11.3 Å². The average molecular weight is 245 g/mol. The van der Waals surface area contributed by atoms with E-state index in [4.69, 9.17) is 0 Å². The van der Waals surface area contributed by atoms with Gasteiger partial charge in [-0.25, -0.2) is 0 Å². The summed E-state index contributed by atoms with van der Waals surface area (Å²) >= 11 is 1.83. The molecular weight excluding hydrogens is 226 g/mol. The van der Waals surface area contributed by atoms with Crippen LogP contribution in [0.15, 0.2) is 35.7 Å². The maximum absolute atomic E-state index is 3.35. The molecule has 1 nitrogen and oxygen atoms in total. The van der Waals surface area contributed by atoms with Crippen LogP contribution in [-0.4, -0.2) is 13.1 Å². The molecule has 1 aromatic heterocycles. The molecule has 0 radical (unpaired) electrons. The van der Waals surface area contributed by atoms with E-state index in [1.807, 2.05) is 11.3 Å². The number of thiophene rings is 1. The van der Waals surface area contributed by atoms with Crippen molar-refractivity contribution in [2.75, 3.05) is 13.1 Å². The molecule has 0 atom stereocenters. The van der Waals surface area contributed by atoms with Crippen molar-refractivity contribution in [3.8, 4) is 0 Å². The summed E-state index contributed by atoms with van der Waals surface area (Å²) < 4.78 is 1.41. The fourth-order valence-electron chi connectivity index (χ4n) is 1.98. The molecule has 0 aliphatic rings. The van der Waals surface area contributed by atoms with Gasteiger partial charge in [-0.1, -0.05) is 31.2 Å². The van der Waals surface area contributed by atoms with Gasteiger partial charge in [-0.05, 0) is 54.4 Å². The van der Waals surface area contributed by atoms with Crippen molar-refractivity contribution in [3.05, 3.63) is 41.3 Å². The quantitative estimate of drug-likeness (QED) is 0.774. The largest absolute Gasteiger partial charge is 0.317 e. The van der Waals surface area contributed by atoms with Gasteiger partial charge < -0.3 is 5.32 Å². The molecule has 90 valence electrons. The molecule has 0 unspecified atom stereocenters. The summed E-state index contributed by atoms with van der Waals surface area (Å²) in [4.78, 5) is 0. The lowest BCUT2D eigenvalue weighted by Crippen LogP contribution is -2.13. The minimum absolute atomic E-state index is 1.05. The smallest absolute Gasteiger partial charge is 0.0417 e. The number of allylic oxidation sites excluding steroid dienone is 1. The van der Waals surface area contributed by atoms with Crippen LogP contribution in [0.1, 0.15) is 25.8 Å². The normalized spacial score (nSPS) is 12.2. The molecule has 0 spiro atoms. The van der Waals surface area contributed by atoms with E-state index in [2.05, 4.69) is 54.9 Å². The number of fused-ring (bicyclic) bond motifs is 1. The number of nitrogens with one attached hydrogen (secondary N) is 1. The summed E-state index contributed by atoms with van der Waals surface area (Å²) in [5, 5.41) is 6.87. The molecular formula is C15H19NS. The molecule has 17 heavy (non-hydrogen) atoms. The van der Waals surface area contributed by atoms with Crippen molar-refractivity contribution in [3.63, 3.8) is 0 Å². The lowest BCUT2D eigenvalue weighted by molar-refractivity contribution is 0.727. The zero-order chi connectivity index (χ0) is 12.1. The molecule has 1 N–H and O–H groups in total. The third kappa shape index (κ3) is 2.96. The van der Waals surface area contributed by atoms with Crippen molar-refractivity contribution in [1.29, 1.82) is 0 Å². The predicted molar refractivity (Wildman–Crippen MR) is 78.6 cm³/mol. The zero-order valence-corrected chi connectivity index (χ0v) is 11.3. The predicted octanol–water partition coefficient (Wildman–Crippen LogP) is 4.30. The van der Waals surface area contributed by atoms with Crippen LogP contribution in [0.3, 0.4) is 0 Å². The van der Waals surface area contributed by atoms with E-state index in [0.29, 0.717) is 0 Å². The van der Waals surface area contributed by atoms with Crippen molar-refractivity contribution in [1.82, 2.24) is 5.32 Å². The highest BCUT2D eigenvalue weighted by molar-refractivity contribution is 7.17. The number of hydrogen-bond donors (Lipinski definition) is 1. The van der Waals surface area contributed by atoms with Crippen LogP contribution in [0.25, 0.3) is 15.7 Å². The van der Waals surface area contributed by atoms with Gasteiger partial charge in [0.15, 0.2) is 0 Å². The van der Waals surface area contributed by atoms with E-state index in [1.165, 1.54) is 21.2 Å². The van der Waals surface area contributed by atoms with Crippen LogP contribution in [0.5, 0.6) is 0 Å². The van der Waals surface area contributed by atoms with Crippen molar-refractivity contribution >= 4 is 27.0 Å². The zero-order valence-electron chi connectivity index (χ0n) is 10.5. The first-order valence-corrected chi connectivity index (χ1v) is 7.05. The molecule has 0 bridgehead atoms. The minimum Gasteiger partial charge on any atom is -0.317 e. The number of hydrogen-bond acceptors (Lipinski definition) is 2. The molecule has 0 amide bonds. The first-order chi connectivity index (χ1) is 8.33. The Labute approximate surface area is 107 Å². The average Bonchev–Trinajstić information content (AvgIpc) is 2.82. The first-order valence-electron chi connectivity index (χ1n) is 6.17. The first kappa shape index (κ1) is 12.3. The Kier molecular flexibility index (Phi) is 4.35. The SMILES string of the molecule is CCNCC/C=C(/C)c1cccc2ccsc12. The third-order valence-electron chi connectivity index (χ3n) is 2.93. The minimum atomic E-state index is 1.05. The Morgan fingerprint density at radius 3 is 3.06 bits per heavy atom. The second-order valence-corrected chi connectivity index (χ2v) is 5.09. The Morgan fingerprint density at radius 1 is 1.35 bits per heavy atom. The van der Waals surface area contributed by atoms with Gasteiger partial charge in [0.25, 0.3) is 0 Å². The molecule has 0 fully saturated rings. The van der Waals surface area contributed by atoms with Crippen molar-refractivity contribution in [2.45, 2.75) is 20.3 Å². The van der Waals surface area contributed by atoms with E-state index < -0.39 is 0 Å². The molecule has 0 saturated carbocycles. The van der Waals surface area contributed by atoms with Gasteiger partial charge in [-0.3, -0.25) is 0 Å². The van der Waals surface area contributed by atoms with Crippen LogP contribution in [0, 0.1) is 0 Å². The topological polar surface area (TPSA) is 12.0 Å². The summed E-state index contributed by atoms with van der Waals surface area (Å²) in [5.74, 6) is 0. The summed E-state index contributed by atoms with van der Waals surface area (Å²) in [6.07, 6.45) is 3.43. The highest BCUT2D eigenvalue weighted by Crippen LogP contribution is 2.29. The van der Waals surface area contributed by atoms with Gasteiger partial charge in [0.1, 0.15) is 0 Å². The molecule has 0 aliphatic heterocycles. The van der Waals surface area contributed by atoms with Crippen molar-refractivity contribution < 1.29 is 0 Å². The van der Waals surface area contributed by atoms with Gasteiger partial charge >= 0.3 is 0 Å². The van der Waals surface area contributed by atoms with Gasteiger partial charge in [0.2, 0.25) is 0 Å². The number of rotatable bonds is 5. The molecule has 2 rings (SSSR count). The van der Waals surface area contributed by atoms with Crippen LogP contribution in [-0.2, 0) is 0 Å². The second kappa shape index (κ2) is 5.99. The van der Waals surface area contributed by atoms with E-state index in [-0.39, 0.29) is 0 Å². The Morgan fingerprint density at radius 2 is 2.24 bits per heavy atom. The molecule has 1 heterocycles. The highest BCUT2D eigenvalue weighted by Gasteiger charge is 2.03. The Balaban J connectivity index is 2.18. The van der Waals surface area contributed by atoms with E-state index >= 15 is 0 Å². The third-order valence-corrected chi connectivity index (χ3v) is 3.89. The van der Waals surface area contributed by atoms with Gasteiger partial charge in [0, 0.05) is 4.70 Å². The van der Waals surface area contributed by atoms with E-state index in [0.717, 1.165) is 19.5 Å². The van der Waals surface area contributed by atoms with E-state index in [1.54, 1.807) is 0 Å². The van der Waals surface area contributed by atoms with Gasteiger partial charge in [-0.2, -0.15) is 0 Å². The summed E-state index contributed by atoms with van der Waals surface area (Å²) in [6, 6.07) is 8.74. The molecule has 0 aliphatic carbocycles. The molecule has 2 heteroatoms. The van der Waals surface area contributed by atoms with E-state index in [9.17, 15) is 0 Å². The second-order valence-electron chi connectivity index (χ2n) is 4.17. The van der Waals surface area contributed by atoms with Crippen LogP contribution < -0.4 is 5.32 Å². The standard InChI is InChI=1S/C15H19NS/c1-3-16-10-5-6-12(2)14-8-4-7-13-9-11-17-15(13)14/h4,6-9,11,16H,3,5,10H2,1-2H3/b12-6-. The lowest BCUT2D eigenvalue weighted by Gasteiger charge is -2.04. The molecule has 0 saturated heterocycles. The Hall–Kier alpha value is -1.12. The van der Waals surface area contributed by atoms with Crippen LogP contribution >= 0.6 is 11.3 Å². The molecule has 2 aromatic rings. The fraction of sp³-hybridized carbons (Fsp3) is 0.333.